The summed E-state index contributed by atoms with van der Waals surface area (Å²) < 4.78 is 42.3. The number of carbonyl (C=O) groups excluding carboxylic acids is 1. The number of anilines is 2. The molecule has 144 valence electrons. The molecule has 1 saturated carbocycles. The molecule has 1 aliphatic rings. The summed E-state index contributed by atoms with van der Waals surface area (Å²) in [5.41, 5.74) is 1.98. The number of carbonyl (C=O) groups is 1. The van der Waals surface area contributed by atoms with Crippen molar-refractivity contribution < 1.29 is 27.9 Å². The molecule has 5 nitrogen and oxygen atoms in total. The summed E-state index contributed by atoms with van der Waals surface area (Å²) in [5, 5.41) is 11.1. The molecule has 0 saturated heterocycles. The first-order valence-electron chi connectivity index (χ1n) is 8.56. The van der Waals surface area contributed by atoms with Crippen molar-refractivity contribution in [3.05, 3.63) is 58.9 Å². The number of halogens is 3. The Kier molecular flexibility index (Phi) is 5.98. The molecule has 3 rings (SSSR count). The van der Waals surface area contributed by atoms with Gasteiger partial charge in [0, 0.05) is 0 Å². The largest absolute Gasteiger partial charge is 0.394 e. The zero-order valence-corrected chi connectivity index (χ0v) is 14.4. The van der Waals surface area contributed by atoms with E-state index >= 15 is 0 Å². The lowest BCUT2D eigenvalue weighted by atomic mass is 10.1. The van der Waals surface area contributed by atoms with Crippen molar-refractivity contribution in [2.24, 2.45) is 5.92 Å². The lowest BCUT2D eigenvalue weighted by molar-refractivity contribution is 0.0168. The number of hydrogen-bond acceptors (Lipinski definition) is 4. The van der Waals surface area contributed by atoms with E-state index in [1.165, 1.54) is 12.1 Å². The number of amides is 1. The second-order valence-corrected chi connectivity index (χ2v) is 6.37. The van der Waals surface area contributed by atoms with Gasteiger partial charge in [-0.15, -0.1) is 0 Å². The predicted octanol–water partition coefficient (Wildman–Crippen LogP) is 3.45. The summed E-state index contributed by atoms with van der Waals surface area (Å²) in [7, 11) is 0. The van der Waals surface area contributed by atoms with Gasteiger partial charge in [-0.05, 0) is 55.0 Å². The van der Waals surface area contributed by atoms with Crippen molar-refractivity contribution in [3.63, 3.8) is 0 Å². The molecule has 27 heavy (non-hydrogen) atoms. The highest BCUT2D eigenvalue weighted by atomic mass is 19.2. The van der Waals surface area contributed by atoms with Gasteiger partial charge < -0.3 is 10.4 Å². The van der Waals surface area contributed by atoms with Crippen molar-refractivity contribution in [1.82, 2.24) is 5.48 Å². The minimum absolute atomic E-state index is 0.0793. The molecule has 0 spiro atoms. The molecule has 0 heterocycles. The SMILES string of the molecule is O=C(NOCCO)c1ccc(F)c(F)c1Nc1ccc(CC2CC2)cc1F. The van der Waals surface area contributed by atoms with Crippen molar-refractivity contribution in [2.75, 3.05) is 18.5 Å². The van der Waals surface area contributed by atoms with Gasteiger partial charge in [0.05, 0.1) is 30.2 Å². The Bertz CT molecular complexity index is 841. The Morgan fingerprint density at radius 3 is 2.59 bits per heavy atom. The molecular formula is C19H19F3N2O3. The molecular weight excluding hydrogens is 361 g/mol. The van der Waals surface area contributed by atoms with E-state index in [4.69, 9.17) is 5.11 Å². The molecule has 0 atom stereocenters. The highest BCUT2D eigenvalue weighted by Crippen LogP contribution is 2.34. The number of aliphatic hydroxyl groups is 1. The Hall–Kier alpha value is -2.58. The van der Waals surface area contributed by atoms with Gasteiger partial charge in [-0.2, -0.15) is 0 Å². The number of aliphatic hydroxyl groups excluding tert-OH is 1. The Balaban J connectivity index is 1.84. The zero-order chi connectivity index (χ0) is 19.4. The summed E-state index contributed by atoms with van der Waals surface area (Å²) in [4.78, 5) is 16.8. The van der Waals surface area contributed by atoms with Crippen LogP contribution in [0.15, 0.2) is 30.3 Å². The van der Waals surface area contributed by atoms with E-state index < -0.39 is 29.0 Å². The van der Waals surface area contributed by atoms with Gasteiger partial charge in [0.15, 0.2) is 11.6 Å². The molecule has 1 aliphatic carbocycles. The van der Waals surface area contributed by atoms with Crippen molar-refractivity contribution in [1.29, 1.82) is 0 Å². The van der Waals surface area contributed by atoms with Crippen molar-refractivity contribution >= 4 is 17.3 Å². The van der Waals surface area contributed by atoms with Crippen molar-refractivity contribution in [3.8, 4) is 0 Å². The molecule has 2 aromatic carbocycles. The van der Waals surface area contributed by atoms with E-state index in [9.17, 15) is 18.0 Å². The quantitative estimate of drug-likeness (QED) is 0.485. The molecule has 1 fully saturated rings. The molecule has 0 unspecified atom stereocenters. The summed E-state index contributed by atoms with van der Waals surface area (Å²) in [6.45, 7) is -0.503. The Labute approximate surface area is 154 Å². The average molecular weight is 380 g/mol. The maximum Gasteiger partial charge on any atom is 0.277 e. The monoisotopic (exact) mass is 380 g/mol. The number of hydroxylamine groups is 1. The summed E-state index contributed by atoms with van der Waals surface area (Å²) in [6, 6.07) is 6.34. The number of nitrogens with one attached hydrogen (secondary N) is 2. The Morgan fingerprint density at radius 1 is 1.15 bits per heavy atom. The lowest BCUT2D eigenvalue weighted by Gasteiger charge is -2.14. The van der Waals surface area contributed by atoms with Crippen LogP contribution >= 0.6 is 0 Å². The third-order valence-corrected chi connectivity index (χ3v) is 4.21. The fourth-order valence-electron chi connectivity index (χ4n) is 2.66. The lowest BCUT2D eigenvalue weighted by Crippen LogP contribution is -2.26. The maximum absolute atomic E-state index is 14.4. The summed E-state index contributed by atoms with van der Waals surface area (Å²) in [6.07, 6.45) is 3.04. The molecule has 0 aliphatic heterocycles. The third-order valence-electron chi connectivity index (χ3n) is 4.21. The standard InChI is InChI=1S/C19H19F3N2O3/c20-14-5-4-13(19(26)24-27-8-7-25)18(17(14)22)23-16-6-3-12(10-15(16)21)9-11-1-2-11/h3-6,10-11,23,25H,1-2,7-9H2,(H,24,26). The van der Waals surface area contributed by atoms with E-state index in [-0.39, 0.29) is 24.5 Å². The van der Waals surface area contributed by atoms with Gasteiger partial charge in [0.1, 0.15) is 5.82 Å². The highest BCUT2D eigenvalue weighted by Gasteiger charge is 2.23. The van der Waals surface area contributed by atoms with E-state index in [0.717, 1.165) is 37.0 Å². The van der Waals surface area contributed by atoms with Gasteiger partial charge in [-0.1, -0.05) is 6.07 Å². The van der Waals surface area contributed by atoms with Crippen LogP contribution in [0.4, 0.5) is 24.5 Å². The number of rotatable bonds is 8. The van der Waals surface area contributed by atoms with Crippen LogP contribution in [0.25, 0.3) is 0 Å². The zero-order valence-electron chi connectivity index (χ0n) is 14.4. The minimum atomic E-state index is -1.31. The van der Waals surface area contributed by atoms with E-state index in [0.29, 0.717) is 5.92 Å². The molecule has 0 bridgehead atoms. The number of hydrogen-bond donors (Lipinski definition) is 3. The van der Waals surface area contributed by atoms with Gasteiger partial charge in [-0.3, -0.25) is 9.63 Å². The molecule has 1 amide bonds. The second-order valence-electron chi connectivity index (χ2n) is 6.37. The molecule has 2 aromatic rings. The average Bonchev–Trinajstić information content (AvgIpc) is 3.45. The van der Waals surface area contributed by atoms with Crippen LogP contribution in [0.2, 0.25) is 0 Å². The van der Waals surface area contributed by atoms with Gasteiger partial charge >= 0.3 is 0 Å². The van der Waals surface area contributed by atoms with E-state index in [2.05, 4.69) is 10.2 Å². The second kappa shape index (κ2) is 8.41. The number of benzene rings is 2. The summed E-state index contributed by atoms with van der Waals surface area (Å²) >= 11 is 0. The van der Waals surface area contributed by atoms with Crippen LogP contribution in [0, 0.1) is 23.4 Å². The van der Waals surface area contributed by atoms with Crippen LogP contribution in [0.5, 0.6) is 0 Å². The fourth-order valence-corrected chi connectivity index (χ4v) is 2.66. The van der Waals surface area contributed by atoms with Crippen LogP contribution in [0.3, 0.4) is 0 Å². The van der Waals surface area contributed by atoms with Crippen LogP contribution in [0.1, 0.15) is 28.8 Å². The molecule has 0 aromatic heterocycles. The molecule has 3 N–H and O–H groups in total. The van der Waals surface area contributed by atoms with Crippen molar-refractivity contribution in [2.45, 2.75) is 19.3 Å². The van der Waals surface area contributed by atoms with Crippen LogP contribution in [-0.2, 0) is 11.3 Å². The predicted molar refractivity (Wildman–Crippen MR) is 93.0 cm³/mol. The van der Waals surface area contributed by atoms with Crippen LogP contribution in [-0.4, -0.2) is 24.2 Å². The molecule has 8 heteroatoms. The topological polar surface area (TPSA) is 70.6 Å². The fraction of sp³-hybridized carbons (Fsp3) is 0.316. The van der Waals surface area contributed by atoms with E-state index in [1.807, 2.05) is 5.48 Å². The maximum atomic E-state index is 14.4. The molecule has 0 radical (unpaired) electrons. The Morgan fingerprint density at radius 2 is 1.93 bits per heavy atom. The third kappa shape index (κ3) is 4.78. The van der Waals surface area contributed by atoms with E-state index in [1.54, 1.807) is 6.07 Å². The first kappa shape index (κ1) is 19.2. The summed E-state index contributed by atoms with van der Waals surface area (Å²) in [5.74, 6) is -3.41. The smallest absolute Gasteiger partial charge is 0.277 e. The van der Waals surface area contributed by atoms with Gasteiger partial charge in [0.25, 0.3) is 5.91 Å². The normalized spacial score (nSPS) is 13.5. The minimum Gasteiger partial charge on any atom is -0.394 e. The van der Waals surface area contributed by atoms with Gasteiger partial charge in [-0.25, -0.2) is 18.7 Å². The first-order chi connectivity index (χ1) is 13.0. The first-order valence-corrected chi connectivity index (χ1v) is 8.56. The highest BCUT2D eigenvalue weighted by molar-refractivity contribution is 5.99. The van der Waals surface area contributed by atoms with Gasteiger partial charge in [0.2, 0.25) is 0 Å². The van der Waals surface area contributed by atoms with Crippen LogP contribution < -0.4 is 10.8 Å².